The molecule has 0 aliphatic carbocycles. The summed E-state index contributed by atoms with van der Waals surface area (Å²) in [5, 5.41) is 0. The van der Waals surface area contributed by atoms with Crippen molar-refractivity contribution in [3.8, 4) is 0 Å². The van der Waals surface area contributed by atoms with Crippen LogP contribution < -0.4 is 0 Å². The van der Waals surface area contributed by atoms with Crippen LogP contribution in [0.4, 0.5) is 0 Å². The van der Waals surface area contributed by atoms with Crippen LogP contribution in [0.3, 0.4) is 0 Å². The van der Waals surface area contributed by atoms with E-state index >= 15 is 0 Å². The Bertz CT molecular complexity index is 444. The smallest absolute Gasteiger partial charge is 0.289 e. The van der Waals surface area contributed by atoms with E-state index in [1.807, 2.05) is 4.90 Å². The van der Waals surface area contributed by atoms with Crippen molar-refractivity contribution in [1.82, 2.24) is 9.80 Å². The molecule has 2 atom stereocenters. The van der Waals surface area contributed by atoms with Gasteiger partial charge in [-0.25, -0.2) is 0 Å². The number of furan rings is 1. The summed E-state index contributed by atoms with van der Waals surface area (Å²) in [6, 6.07) is 4.25. The molecule has 2 aliphatic heterocycles. The highest BCUT2D eigenvalue weighted by molar-refractivity contribution is 5.91. The summed E-state index contributed by atoms with van der Waals surface area (Å²) < 4.78 is 11.0. The van der Waals surface area contributed by atoms with E-state index in [2.05, 4.69) is 18.7 Å². The number of rotatable bonds is 2. The van der Waals surface area contributed by atoms with Crippen molar-refractivity contribution in [3.05, 3.63) is 24.2 Å². The van der Waals surface area contributed by atoms with Crippen LogP contribution in [0.25, 0.3) is 0 Å². The lowest BCUT2D eigenvalue weighted by Gasteiger charge is -2.39. The van der Waals surface area contributed by atoms with Gasteiger partial charge in [-0.15, -0.1) is 0 Å². The maximum Gasteiger partial charge on any atom is 0.289 e. The van der Waals surface area contributed by atoms with Crippen LogP contribution in [-0.2, 0) is 4.74 Å². The molecule has 3 heterocycles. The molecule has 0 unspecified atom stereocenters. The van der Waals surface area contributed by atoms with Gasteiger partial charge in [-0.2, -0.15) is 0 Å². The highest BCUT2D eigenvalue weighted by Gasteiger charge is 2.42. The van der Waals surface area contributed by atoms with Crippen molar-refractivity contribution in [1.29, 1.82) is 0 Å². The molecule has 5 heteroatoms. The Morgan fingerprint density at radius 2 is 2.26 bits per heavy atom. The molecule has 0 radical (unpaired) electrons. The van der Waals surface area contributed by atoms with Gasteiger partial charge in [0.25, 0.3) is 5.91 Å². The Kier molecular flexibility index (Phi) is 3.33. The van der Waals surface area contributed by atoms with E-state index < -0.39 is 0 Å². The third-order valence-electron chi connectivity index (χ3n) is 4.03. The molecule has 2 fully saturated rings. The maximum atomic E-state index is 12.3. The van der Waals surface area contributed by atoms with E-state index in [-0.39, 0.29) is 12.0 Å². The molecule has 0 aromatic carbocycles. The molecule has 1 aromatic heterocycles. The fourth-order valence-corrected chi connectivity index (χ4v) is 3.08. The topological polar surface area (TPSA) is 45.9 Å². The Morgan fingerprint density at radius 1 is 1.42 bits per heavy atom. The van der Waals surface area contributed by atoms with Crippen LogP contribution in [0.5, 0.6) is 0 Å². The first-order valence-electron chi connectivity index (χ1n) is 6.87. The highest BCUT2D eigenvalue weighted by atomic mass is 16.5. The minimum absolute atomic E-state index is 0.0355. The minimum Gasteiger partial charge on any atom is -0.459 e. The molecule has 0 bridgehead atoms. The lowest BCUT2D eigenvalue weighted by atomic mass is 10.1. The summed E-state index contributed by atoms with van der Waals surface area (Å²) in [5.41, 5.74) is 0. The van der Waals surface area contributed by atoms with E-state index in [0.29, 0.717) is 24.4 Å². The monoisotopic (exact) mass is 264 g/mol. The van der Waals surface area contributed by atoms with E-state index in [1.165, 1.54) is 6.26 Å². The third-order valence-corrected chi connectivity index (χ3v) is 4.03. The zero-order chi connectivity index (χ0) is 13.4. The zero-order valence-corrected chi connectivity index (χ0v) is 11.4. The van der Waals surface area contributed by atoms with Crippen LogP contribution in [0.15, 0.2) is 22.8 Å². The summed E-state index contributed by atoms with van der Waals surface area (Å²) >= 11 is 0. The second-order valence-corrected chi connectivity index (χ2v) is 5.50. The lowest BCUT2D eigenvalue weighted by molar-refractivity contribution is -0.0582. The number of amides is 1. The van der Waals surface area contributed by atoms with Gasteiger partial charge in [-0.05, 0) is 26.0 Å². The minimum atomic E-state index is -0.0355. The van der Waals surface area contributed by atoms with Crippen LogP contribution in [0.2, 0.25) is 0 Å². The number of morpholine rings is 1. The van der Waals surface area contributed by atoms with Crippen molar-refractivity contribution in [2.24, 2.45) is 0 Å². The predicted molar refractivity (Wildman–Crippen MR) is 70.0 cm³/mol. The maximum absolute atomic E-state index is 12.3. The lowest BCUT2D eigenvalue weighted by Crippen LogP contribution is -2.53. The van der Waals surface area contributed by atoms with Gasteiger partial charge in [-0.1, -0.05) is 0 Å². The van der Waals surface area contributed by atoms with Crippen LogP contribution >= 0.6 is 0 Å². The highest BCUT2D eigenvalue weighted by Crippen LogP contribution is 2.25. The van der Waals surface area contributed by atoms with Gasteiger partial charge >= 0.3 is 0 Å². The number of carbonyl (C=O) groups excluding carboxylic acids is 1. The van der Waals surface area contributed by atoms with Crippen LogP contribution in [0, 0.1) is 0 Å². The molecule has 19 heavy (non-hydrogen) atoms. The summed E-state index contributed by atoms with van der Waals surface area (Å²) in [5.74, 6) is 0.376. The standard InChI is InChI=1S/C14H20N2O3/c1-10(2)16-5-7-19-13-9-15(8-11(13)16)14(17)12-4-3-6-18-12/h3-4,6,10-11,13H,5,7-9H2,1-2H3/t11-,13+/m0/s1. The molecule has 0 saturated carbocycles. The normalized spacial score (nSPS) is 27.8. The predicted octanol–water partition coefficient (Wildman–Crippen LogP) is 1.21. The molecule has 3 rings (SSSR count). The Morgan fingerprint density at radius 3 is 2.95 bits per heavy atom. The molecule has 0 N–H and O–H groups in total. The first-order chi connectivity index (χ1) is 9.16. The number of carbonyl (C=O) groups is 1. The molecule has 2 aliphatic rings. The second kappa shape index (κ2) is 4.98. The van der Waals surface area contributed by atoms with Gasteiger partial charge in [0.15, 0.2) is 5.76 Å². The number of fused-ring (bicyclic) bond motifs is 1. The second-order valence-electron chi connectivity index (χ2n) is 5.50. The van der Waals surface area contributed by atoms with Crippen molar-refractivity contribution < 1.29 is 13.9 Å². The third kappa shape index (κ3) is 2.28. The first-order valence-corrected chi connectivity index (χ1v) is 6.87. The van der Waals surface area contributed by atoms with Gasteiger partial charge in [-0.3, -0.25) is 9.69 Å². The quantitative estimate of drug-likeness (QED) is 0.805. The number of hydrogen-bond donors (Lipinski definition) is 0. The largest absolute Gasteiger partial charge is 0.459 e. The molecular weight excluding hydrogens is 244 g/mol. The molecule has 1 aromatic rings. The van der Waals surface area contributed by atoms with Crippen molar-refractivity contribution in [2.45, 2.75) is 32.0 Å². The Labute approximate surface area is 113 Å². The fourth-order valence-electron chi connectivity index (χ4n) is 3.08. The number of hydrogen-bond acceptors (Lipinski definition) is 4. The molecular formula is C14H20N2O3. The van der Waals surface area contributed by atoms with E-state index in [1.54, 1.807) is 12.1 Å². The molecule has 104 valence electrons. The van der Waals surface area contributed by atoms with Gasteiger partial charge in [0, 0.05) is 25.7 Å². The number of likely N-dealkylation sites (tertiary alicyclic amines) is 1. The van der Waals surface area contributed by atoms with E-state index in [0.717, 1.165) is 19.7 Å². The van der Waals surface area contributed by atoms with Crippen molar-refractivity contribution in [2.75, 3.05) is 26.2 Å². The van der Waals surface area contributed by atoms with Crippen molar-refractivity contribution >= 4 is 5.91 Å². The average molecular weight is 264 g/mol. The Hall–Kier alpha value is -1.33. The molecule has 1 amide bonds. The van der Waals surface area contributed by atoms with Crippen LogP contribution in [-0.4, -0.2) is 60.1 Å². The van der Waals surface area contributed by atoms with Gasteiger partial charge in [0.1, 0.15) is 0 Å². The SMILES string of the molecule is CC(C)N1CCO[C@@H]2CN(C(=O)c3ccco3)C[C@@H]21. The van der Waals surface area contributed by atoms with E-state index in [4.69, 9.17) is 9.15 Å². The average Bonchev–Trinajstić information content (AvgIpc) is 3.06. The zero-order valence-electron chi connectivity index (χ0n) is 11.4. The fraction of sp³-hybridized carbons (Fsp3) is 0.643. The van der Waals surface area contributed by atoms with Gasteiger partial charge in [0.2, 0.25) is 0 Å². The summed E-state index contributed by atoms with van der Waals surface area (Å²) in [4.78, 5) is 16.6. The summed E-state index contributed by atoms with van der Waals surface area (Å²) in [7, 11) is 0. The summed E-state index contributed by atoms with van der Waals surface area (Å²) in [6.45, 7) is 7.47. The number of ether oxygens (including phenoxy) is 1. The van der Waals surface area contributed by atoms with Gasteiger partial charge < -0.3 is 14.1 Å². The van der Waals surface area contributed by atoms with E-state index in [9.17, 15) is 4.79 Å². The Balaban J connectivity index is 1.73. The first kappa shape index (κ1) is 12.7. The van der Waals surface area contributed by atoms with Gasteiger partial charge in [0.05, 0.1) is 25.0 Å². The molecule has 2 saturated heterocycles. The summed E-state index contributed by atoms with van der Waals surface area (Å²) in [6.07, 6.45) is 1.67. The molecule has 0 spiro atoms. The number of nitrogens with zero attached hydrogens (tertiary/aromatic N) is 2. The molecule has 5 nitrogen and oxygen atoms in total. The van der Waals surface area contributed by atoms with Crippen molar-refractivity contribution in [3.63, 3.8) is 0 Å². The van der Waals surface area contributed by atoms with Crippen LogP contribution in [0.1, 0.15) is 24.4 Å².